The van der Waals surface area contributed by atoms with Gasteiger partial charge in [-0.2, -0.15) is 0 Å². The first-order chi connectivity index (χ1) is 38.2. The molecule has 0 aromatic heterocycles. The molecule has 0 atom stereocenters. The van der Waals surface area contributed by atoms with Crippen molar-refractivity contribution in [2.45, 2.75) is 439 Å². The Labute approximate surface area is 523 Å². The van der Waals surface area contributed by atoms with Crippen LogP contribution in [-0.2, 0) is 0 Å². The van der Waals surface area contributed by atoms with E-state index in [-0.39, 0.29) is 24.8 Å². The van der Waals surface area contributed by atoms with Gasteiger partial charge in [-0.3, -0.25) is 0 Å². The summed E-state index contributed by atoms with van der Waals surface area (Å²) in [6.45, 7) is 14.8. The molecule has 0 aliphatic carbocycles. The molecule has 0 amide bonds. The van der Waals surface area contributed by atoms with Gasteiger partial charge in [0.25, 0.3) is 0 Å². The molecule has 0 N–H and O–H groups in total. The molecule has 0 saturated carbocycles. The average molecular weight is 1170 g/mol. The molecule has 2 nitrogen and oxygen atoms in total. The summed E-state index contributed by atoms with van der Waals surface area (Å²) in [5.74, 6) is 0. The highest BCUT2D eigenvalue weighted by Gasteiger charge is 2.15. The Balaban J connectivity index is -0.000000704. The summed E-state index contributed by atoms with van der Waals surface area (Å²) in [7, 11) is 9.87. The molecule has 0 aromatic carbocycles. The standard InChI is InChI=1S/2C38H80N.2ClH/c2*1-5-7-9-11-13-15-17-19-21-23-25-27-29-31-33-35-37-39(3,4)38-36-34-32-30-28-26-24-22-20-18-16-14-12-10-8-6-2;;/h2*5-38H2,1-4H3;2*1H/q2*+1;;/p-2. The molecule has 0 saturated heterocycles. The minimum absolute atomic E-state index is 0. The smallest absolute Gasteiger partial charge is 0.0782 e. The third-order valence-corrected chi connectivity index (χ3v) is 18.5. The number of hydrogen-bond acceptors (Lipinski definition) is 0. The molecule has 0 radical (unpaired) electrons. The fourth-order valence-corrected chi connectivity index (χ4v) is 12.6. The molecule has 80 heavy (non-hydrogen) atoms. The first-order valence-electron chi connectivity index (χ1n) is 37.9. The predicted octanol–water partition coefficient (Wildman–Crippen LogP) is 21.2. The lowest BCUT2D eigenvalue weighted by Gasteiger charge is -2.30. The monoisotopic (exact) mass is 1170 g/mol. The van der Waals surface area contributed by atoms with Crippen molar-refractivity contribution in [1.82, 2.24) is 0 Å². The van der Waals surface area contributed by atoms with Crippen molar-refractivity contribution in [2.24, 2.45) is 0 Å². The Morgan fingerprint density at radius 2 is 0.200 bits per heavy atom. The Morgan fingerprint density at radius 3 is 0.287 bits per heavy atom. The first kappa shape index (κ1) is 86.9. The Hall–Kier alpha value is 0.500. The van der Waals surface area contributed by atoms with Gasteiger partial charge in [0, 0.05) is 0 Å². The van der Waals surface area contributed by atoms with Gasteiger partial charge in [0.15, 0.2) is 0 Å². The van der Waals surface area contributed by atoms with Gasteiger partial charge in [-0.15, -0.1) is 0 Å². The minimum Gasteiger partial charge on any atom is -1.00 e. The number of nitrogens with zero attached hydrogens (tertiary/aromatic N) is 2. The molecule has 0 fully saturated rings. The van der Waals surface area contributed by atoms with Crippen molar-refractivity contribution in [2.75, 3.05) is 54.4 Å². The molecule has 0 aliphatic heterocycles. The molecule has 0 aromatic rings. The highest BCUT2D eigenvalue weighted by Crippen LogP contribution is 2.20. The topological polar surface area (TPSA) is 0 Å². The van der Waals surface area contributed by atoms with Crippen molar-refractivity contribution in [3.63, 3.8) is 0 Å². The summed E-state index contributed by atoms with van der Waals surface area (Å²) < 4.78 is 2.49. The van der Waals surface area contributed by atoms with Crippen molar-refractivity contribution >= 4 is 0 Å². The van der Waals surface area contributed by atoms with E-state index in [4.69, 9.17) is 0 Å². The second-order valence-electron chi connectivity index (χ2n) is 28.0. The SMILES string of the molecule is CCCCCCCCCCCCCCCCCC[N+](C)(C)CCCCCCCCCCCCCCCCCC.CCCCCCCCCCCCCCCCCC[N+](C)(C)CCCCCCCCCCCCCCCCCC.[Cl-].[Cl-]. The van der Waals surface area contributed by atoms with Crippen LogP contribution in [-0.4, -0.2) is 63.3 Å². The lowest BCUT2D eigenvalue weighted by Crippen LogP contribution is -3.00. The van der Waals surface area contributed by atoms with Crippen LogP contribution >= 0.6 is 0 Å². The van der Waals surface area contributed by atoms with Crippen LogP contribution < -0.4 is 24.8 Å². The molecule has 488 valence electrons. The summed E-state index contributed by atoms with van der Waals surface area (Å²) in [5.41, 5.74) is 0. The second-order valence-corrected chi connectivity index (χ2v) is 28.0. The summed E-state index contributed by atoms with van der Waals surface area (Å²) in [4.78, 5) is 0. The van der Waals surface area contributed by atoms with Gasteiger partial charge in [0.05, 0.1) is 54.4 Å². The zero-order chi connectivity index (χ0) is 57.1. The maximum absolute atomic E-state index is 2.47. The average Bonchev–Trinajstić information content (AvgIpc) is 3.42. The highest BCUT2D eigenvalue weighted by molar-refractivity contribution is 4.56. The second kappa shape index (κ2) is 75.6. The Morgan fingerprint density at radius 1 is 0.125 bits per heavy atom. The van der Waals surface area contributed by atoms with E-state index in [1.54, 1.807) is 0 Å². The summed E-state index contributed by atoms with van der Waals surface area (Å²) in [6.07, 6.45) is 93.9. The molecule has 0 spiro atoms. The van der Waals surface area contributed by atoms with E-state index >= 15 is 0 Å². The van der Waals surface area contributed by atoms with E-state index in [2.05, 4.69) is 55.9 Å². The normalized spacial score (nSPS) is 11.7. The van der Waals surface area contributed by atoms with Crippen LogP contribution in [0.15, 0.2) is 0 Å². The van der Waals surface area contributed by atoms with Gasteiger partial charge in [-0.1, -0.05) is 387 Å². The fraction of sp³-hybridized carbons (Fsp3) is 1.00. The predicted molar refractivity (Wildman–Crippen MR) is 362 cm³/mol. The molecule has 0 heterocycles. The van der Waals surface area contributed by atoms with Crippen LogP contribution in [0, 0.1) is 0 Å². The van der Waals surface area contributed by atoms with Crippen molar-refractivity contribution in [3.05, 3.63) is 0 Å². The van der Waals surface area contributed by atoms with Gasteiger partial charge in [0.2, 0.25) is 0 Å². The van der Waals surface area contributed by atoms with Gasteiger partial charge in [-0.05, 0) is 51.4 Å². The zero-order valence-corrected chi connectivity index (χ0v) is 59.2. The Bertz CT molecular complexity index is 874. The van der Waals surface area contributed by atoms with Gasteiger partial charge in [-0.25, -0.2) is 0 Å². The molecule has 0 rings (SSSR count). The van der Waals surface area contributed by atoms with E-state index in [1.165, 1.54) is 446 Å². The molecule has 0 bridgehead atoms. The third-order valence-electron chi connectivity index (χ3n) is 18.5. The van der Waals surface area contributed by atoms with E-state index in [1.807, 2.05) is 0 Å². The van der Waals surface area contributed by atoms with E-state index in [0.29, 0.717) is 0 Å². The third kappa shape index (κ3) is 80.6. The van der Waals surface area contributed by atoms with Gasteiger partial charge in [0.1, 0.15) is 0 Å². The summed E-state index contributed by atoms with van der Waals surface area (Å²) in [5, 5.41) is 0. The number of quaternary nitrogens is 2. The van der Waals surface area contributed by atoms with Crippen LogP contribution in [0.2, 0.25) is 0 Å². The van der Waals surface area contributed by atoms with E-state index in [9.17, 15) is 0 Å². The maximum Gasteiger partial charge on any atom is 0.0782 e. The minimum atomic E-state index is 0. The largest absolute Gasteiger partial charge is 1.00 e. The Kier molecular flexibility index (Phi) is 82.2. The van der Waals surface area contributed by atoms with Crippen molar-refractivity contribution < 1.29 is 33.8 Å². The molecule has 4 heteroatoms. The molecule has 0 unspecified atom stereocenters. The summed E-state index contributed by atoms with van der Waals surface area (Å²) >= 11 is 0. The molecular formula is C76H160Cl2N2. The van der Waals surface area contributed by atoms with E-state index < -0.39 is 0 Å². The number of halogens is 2. The van der Waals surface area contributed by atoms with Crippen molar-refractivity contribution in [1.29, 1.82) is 0 Å². The number of hydrogen-bond donors (Lipinski definition) is 0. The zero-order valence-electron chi connectivity index (χ0n) is 57.7. The van der Waals surface area contributed by atoms with Crippen LogP contribution in [0.25, 0.3) is 0 Å². The van der Waals surface area contributed by atoms with E-state index in [0.717, 1.165) is 0 Å². The van der Waals surface area contributed by atoms with Crippen LogP contribution in [0.1, 0.15) is 439 Å². The quantitative estimate of drug-likeness (QED) is 0.0421. The van der Waals surface area contributed by atoms with Gasteiger partial charge >= 0.3 is 0 Å². The fourth-order valence-electron chi connectivity index (χ4n) is 12.6. The first-order valence-corrected chi connectivity index (χ1v) is 37.9. The van der Waals surface area contributed by atoms with Crippen molar-refractivity contribution in [3.8, 4) is 0 Å². The lowest BCUT2D eigenvalue weighted by molar-refractivity contribution is -0.890. The van der Waals surface area contributed by atoms with Gasteiger partial charge < -0.3 is 33.8 Å². The summed E-state index contributed by atoms with van der Waals surface area (Å²) in [6, 6.07) is 0. The van der Waals surface area contributed by atoms with Crippen LogP contribution in [0.4, 0.5) is 0 Å². The van der Waals surface area contributed by atoms with Crippen LogP contribution in [0.3, 0.4) is 0 Å². The number of unbranched alkanes of at least 4 members (excludes halogenated alkanes) is 60. The maximum atomic E-state index is 2.47. The van der Waals surface area contributed by atoms with Crippen LogP contribution in [0.5, 0.6) is 0 Å². The molecule has 0 aliphatic rings. The molecular weight excluding hydrogens is 1010 g/mol. The highest BCUT2D eigenvalue weighted by atomic mass is 35.5. The lowest BCUT2D eigenvalue weighted by atomic mass is 10.0. The number of rotatable bonds is 68.